The first-order valence-corrected chi connectivity index (χ1v) is 7.92. The number of hydrogen-bond acceptors (Lipinski definition) is 5. The smallest absolute Gasteiger partial charge is 0.326 e. The molecule has 2 amide bonds. The summed E-state index contributed by atoms with van der Waals surface area (Å²) in [6.45, 7) is -1.03. The van der Waals surface area contributed by atoms with Crippen LogP contribution in [-0.4, -0.2) is 41.6 Å². The zero-order valence-electron chi connectivity index (χ0n) is 13.3. The minimum absolute atomic E-state index is 0.208. The summed E-state index contributed by atoms with van der Waals surface area (Å²) in [4.78, 5) is 49.2. The lowest BCUT2D eigenvalue weighted by molar-refractivity contribution is -0.152. The fourth-order valence-corrected chi connectivity index (χ4v) is 3.06. The number of carbonyl (C=O) groups excluding carboxylic acids is 4. The van der Waals surface area contributed by atoms with Crippen molar-refractivity contribution in [2.45, 2.75) is 12.8 Å². The molecule has 1 aliphatic heterocycles. The number of halogens is 1. The Morgan fingerprint density at radius 3 is 2.16 bits per heavy atom. The molecule has 2 atom stereocenters. The number of esters is 1. The van der Waals surface area contributed by atoms with Gasteiger partial charge in [-0.15, -0.1) is 0 Å². The Labute approximate surface area is 143 Å². The number of rotatable bonds is 5. The normalized spacial score (nSPS) is 22.0. The molecule has 0 spiro atoms. The number of likely N-dealkylation sites (tertiary alicyclic amines) is 1. The molecule has 7 heteroatoms. The fraction of sp³-hybridized carbons (Fsp3) is 0.333. The number of nitrogens with zero attached hydrogens (tertiary/aromatic N) is 1. The van der Waals surface area contributed by atoms with Crippen LogP contribution in [-0.2, 0) is 19.1 Å². The first kappa shape index (κ1) is 17.0. The number of ether oxygens (including phenoxy) is 1. The number of carbonyl (C=O) groups is 4. The molecule has 3 rings (SSSR count). The molecule has 1 heterocycles. The Kier molecular flexibility index (Phi) is 4.74. The summed E-state index contributed by atoms with van der Waals surface area (Å²) in [6, 6.07) is 4.84. The van der Waals surface area contributed by atoms with Crippen LogP contribution in [0.3, 0.4) is 0 Å². The quantitative estimate of drug-likeness (QED) is 0.350. The fourth-order valence-electron chi connectivity index (χ4n) is 3.06. The monoisotopic (exact) mass is 345 g/mol. The summed E-state index contributed by atoms with van der Waals surface area (Å²) >= 11 is 0. The molecule has 0 N–H and O–H groups in total. The van der Waals surface area contributed by atoms with E-state index < -0.39 is 42.6 Å². The Hall–Kier alpha value is -2.83. The van der Waals surface area contributed by atoms with E-state index in [1.807, 2.05) is 12.2 Å². The van der Waals surface area contributed by atoms with Crippen LogP contribution in [0.25, 0.3) is 0 Å². The van der Waals surface area contributed by atoms with Gasteiger partial charge in [0.25, 0.3) is 0 Å². The molecule has 0 saturated carbocycles. The minimum atomic E-state index is -0.830. The summed E-state index contributed by atoms with van der Waals surface area (Å²) in [5.74, 6) is -3.37. The van der Waals surface area contributed by atoms with E-state index in [0.717, 1.165) is 17.0 Å². The molecule has 1 aromatic rings. The van der Waals surface area contributed by atoms with Gasteiger partial charge in [0.1, 0.15) is 12.4 Å². The van der Waals surface area contributed by atoms with E-state index in [-0.39, 0.29) is 17.4 Å². The number of amides is 2. The second-order valence-corrected chi connectivity index (χ2v) is 6.01. The molecule has 25 heavy (non-hydrogen) atoms. The van der Waals surface area contributed by atoms with Crippen molar-refractivity contribution in [3.05, 3.63) is 47.8 Å². The van der Waals surface area contributed by atoms with Crippen LogP contribution >= 0.6 is 0 Å². The average molecular weight is 345 g/mol. The molecule has 0 bridgehead atoms. The van der Waals surface area contributed by atoms with Crippen molar-refractivity contribution < 1.29 is 28.3 Å². The Morgan fingerprint density at radius 2 is 1.60 bits per heavy atom. The highest BCUT2D eigenvalue weighted by Crippen LogP contribution is 2.34. The van der Waals surface area contributed by atoms with Crippen molar-refractivity contribution in [3.63, 3.8) is 0 Å². The Bertz CT molecular complexity index is 729. The number of fused-ring (bicyclic) bond motifs is 1. The molecule has 1 aliphatic carbocycles. The van der Waals surface area contributed by atoms with Crippen LogP contribution < -0.4 is 0 Å². The van der Waals surface area contributed by atoms with Gasteiger partial charge in [-0.3, -0.25) is 24.1 Å². The van der Waals surface area contributed by atoms with Gasteiger partial charge < -0.3 is 4.74 Å². The van der Waals surface area contributed by atoms with Crippen molar-refractivity contribution in [1.29, 1.82) is 0 Å². The lowest BCUT2D eigenvalue weighted by atomic mass is 9.85. The lowest BCUT2D eigenvalue weighted by Crippen LogP contribution is -2.37. The first-order chi connectivity index (χ1) is 12.0. The summed E-state index contributed by atoms with van der Waals surface area (Å²) in [5, 5.41) is 0. The maximum Gasteiger partial charge on any atom is 0.326 e. The third-order valence-electron chi connectivity index (χ3n) is 4.42. The molecular weight excluding hydrogens is 329 g/mol. The lowest BCUT2D eigenvalue weighted by Gasteiger charge is -2.14. The summed E-state index contributed by atoms with van der Waals surface area (Å²) in [6.07, 6.45) is 4.69. The zero-order valence-corrected chi connectivity index (χ0v) is 13.3. The van der Waals surface area contributed by atoms with Crippen molar-refractivity contribution in [2.24, 2.45) is 11.8 Å². The van der Waals surface area contributed by atoms with Gasteiger partial charge in [-0.05, 0) is 37.1 Å². The van der Waals surface area contributed by atoms with Gasteiger partial charge in [-0.2, -0.15) is 0 Å². The predicted molar refractivity (Wildman–Crippen MR) is 83.8 cm³/mol. The average Bonchev–Trinajstić information content (AvgIpc) is 2.86. The molecule has 1 fully saturated rings. The van der Waals surface area contributed by atoms with E-state index >= 15 is 0 Å². The molecule has 1 saturated heterocycles. The first-order valence-electron chi connectivity index (χ1n) is 7.92. The summed E-state index contributed by atoms with van der Waals surface area (Å²) in [7, 11) is 0. The summed E-state index contributed by atoms with van der Waals surface area (Å²) < 4.78 is 17.7. The van der Waals surface area contributed by atoms with E-state index in [1.165, 1.54) is 12.1 Å². The van der Waals surface area contributed by atoms with Gasteiger partial charge in [0.15, 0.2) is 12.4 Å². The molecule has 0 radical (unpaired) electrons. The number of allylic oxidation sites excluding steroid dienone is 2. The second kappa shape index (κ2) is 6.96. The van der Waals surface area contributed by atoms with Crippen LogP contribution in [0.4, 0.5) is 4.39 Å². The molecular formula is C18H16FNO5. The topological polar surface area (TPSA) is 80.8 Å². The second-order valence-electron chi connectivity index (χ2n) is 6.01. The molecule has 1 aromatic carbocycles. The third-order valence-corrected chi connectivity index (χ3v) is 4.42. The van der Waals surface area contributed by atoms with Gasteiger partial charge in [-0.1, -0.05) is 12.2 Å². The van der Waals surface area contributed by atoms with Crippen molar-refractivity contribution in [2.75, 3.05) is 13.2 Å². The van der Waals surface area contributed by atoms with E-state index in [0.29, 0.717) is 12.8 Å². The number of Topliss-reactive ketones (excluding diaryl/α,β-unsaturated/α-hetero) is 1. The van der Waals surface area contributed by atoms with Crippen LogP contribution in [0, 0.1) is 17.7 Å². The van der Waals surface area contributed by atoms with Crippen LogP contribution in [0.2, 0.25) is 0 Å². The van der Waals surface area contributed by atoms with Crippen molar-refractivity contribution in [3.8, 4) is 0 Å². The molecule has 2 aliphatic rings. The number of ketones is 1. The van der Waals surface area contributed by atoms with Gasteiger partial charge in [0.2, 0.25) is 11.8 Å². The Morgan fingerprint density at radius 1 is 1.04 bits per heavy atom. The van der Waals surface area contributed by atoms with Crippen molar-refractivity contribution in [1.82, 2.24) is 4.90 Å². The van der Waals surface area contributed by atoms with E-state index in [2.05, 4.69) is 0 Å². The largest absolute Gasteiger partial charge is 0.456 e. The van der Waals surface area contributed by atoms with E-state index in [9.17, 15) is 23.6 Å². The SMILES string of the molecule is O=C(CN1C(=O)[C@@H]2CC=CC[C@H]2C1=O)OCC(=O)c1ccc(F)cc1. The van der Waals surface area contributed by atoms with Gasteiger partial charge in [0, 0.05) is 5.56 Å². The van der Waals surface area contributed by atoms with Gasteiger partial charge >= 0.3 is 5.97 Å². The molecule has 0 unspecified atom stereocenters. The van der Waals surface area contributed by atoms with Crippen LogP contribution in [0.1, 0.15) is 23.2 Å². The highest BCUT2D eigenvalue weighted by molar-refractivity contribution is 6.07. The number of benzene rings is 1. The molecule has 0 aromatic heterocycles. The third kappa shape index (κ3) is 3.50. The highest BCUT2D eigenvalue weighted by Gasteiger charge is 2.47. The number of imide groups is 1. The predicted octanol–water partition coefficient (Wildman–Crippen LogP) is 1.50. The Balaban J connectivity index is 1.54. The summed E-state index contributed by atoms with van der Waals surface area (Å²) in [5.41, 5.74) is 0.208. The van der Waals surface area contributed by atoms with Gasteiger partial charge in [-0.25, -0.2) is 4.39 Å². The van der Waals surface area contributed by atoms with Crippen molar-refractivity contribution >= 4 is 23.6 Å². The van der Waals surface area contributed by atoms with Gasteiger partial charge in [0.05, 0.1) is 11.8 Å². The maximum atomic E-state index is 12.8. The van der Waals surface area contributed by atoms with E-state index in [1.54, 1.807) is 0 Å². The minimum Gasteiger partial charge on any atom is -0.456 e. The molecule has 6 nitrogen and oxygen atoms in total. The maximum absolute atomic E-state index is 12.8. The van der Waals surface area contributed by atoms with Crippen LogP contribution in [0.5, 0.6) is 0 Å². The number of hydrogen-bond donors (Lipinski definition) is 0. The van der Waals surface area contributed by atoms with E-state index in [4.69, 9.17) is 4.74 Å². The highest BCUT2D eigenvalue weighted by atomic mass is 19.1. The molecule has 130 valence electrons. The standard InChI is InChI=1S/C18H16FNO5/c19-12-7-5-11(6-8-12)15(21)10-25-16(22)9-20-17(23)13-3-1-2-4-14(13)18(20)24/h1-2,5-8,13-14H,3-4,9-10H2/t13-,14-/m1/s1. The van der Waals surface area contributed by atoms with Crippen LogP contribution in [0.15, 0.2) is 36.4 Å². The zero-order chi connectivity index (χ0) is 18.0.